The maximum atomic E-state index is 12.2. The lowest BCUT2D eigenvalue weighted by molar-refractivity contribution is -0.384. The smallest absolute Gasteiger partial charge is 0.319 e. The summed E-state index contributed by atoms with van der Waals surface area (Å²) in [6, 6.07) is 13.3. The van der Waals surface area contributed by atoms with Gasteiger partial charge in [-0.3, -0.25) is 10.1 Å². The highest BCUT2D eigenvalue weighted by Crippen LogP contribution is 2.38. The Bertz CT molecular complexity index is 981. The second kappa shape index (κ2) is 6.32. The first-order chi connectivity index (χ1) is 12.6. The van der Waals surface area contributed by atoms with Crippen molar-refractivity contribution >= 4 is 17.4 Å². The van der Waals surface area contributed by atoms with Gasteiger partial charge in [0.15, 0.2) is 0 Å². The summed E-state index contributed by atoms with van der Waals surface area (Å²) in [7, 11) is 0. The molecule has 0 spiro atoms. The summed E-state index contributed by atoms with van der Waals surface area (Å²) in [4.78, 5) is 26.5. The van der Waals surface area contributed by atoms with E-state index in [-0.39, 0.29) is 17.8 Å². The van der Waals surface area contributed by atoms with E-state index in [1.165, 1.54) is 24.3 Å². The molecule has 2 heterocycles. The number of nitro benzene ring substituents is 1. The Morgan fingerprint density at radius 1 is 1.19 bits per heavy atom. The van der Waals surface area contributed by atoms with Gasteiger partial charge in [-0.15, -0.1) is 0 Å². The summed E-state index contributed by atoms with van der Waals surface area (Å²) < 4.78 is 2.04. The number of benzene rings is 2. The van der Waals surface area contributed by atoms with Crippen LogP contribution in [-0.4, -0.2) is 27.1 Å². The molecule has 130 valence electrons. The third kappa shape index (κ3) is 2.77. The second-order valence-electron chi connectivity index (χ2n) is 5.93. The highest BCUT2D eigenvalue weighted by Gasteiger charge is 2.28. The molecule has 0 aliphatic carbocycles. The number of nitrogens with one attached hydrogen (secondary N) is 2. The van der Waals surface area contributed by atoms with Gasteiger partial charge in [-0.05, 0) is 17.7 Å². The SMILES string of the molecule is O=C(NCC1c2ccccc2-c2cncn21)Nc1ccc([N+](=O)[O-])cc1. The summed E-state index contributed by atoms with van der Waals surface area (Å²) in [5.41, 5.74) is 3.76. The number of fused-ring (bicyclic) bond motifs is 3. The van der Waals surface area contributed by atoms with E-state index in [0.29, 0.717) is 12.2 Å². The highest BCUT2D eigenvalue weighted by molar-refractivity contribution is 5.89. The number of imidazole rings is 1. The maximum Gasteiger partial charge on any atom is 0.319 e. The summed E-state index contributed by atoms with van der Waals surface area (Å²) >= 11 is 0. The Balaban J connectivity index is 1.43. The van der Waals surface area contributed by atoms with Crippen LogP contribution in [0.5, 0.6) is 0 Å². The second-order valence-corrected chi connectivity index (χ2v) is 5.93. The van der Waals surface area contributed by atoms with Gasteiger partial charge in [-0.25, -0.2) is 9.78 Å². The Hall–Kier alpha value is -3.68. The molecule has 1 unspecified atom stereocenters. The van der Waals surface area contributed by atoms with Gasteiger partial charge in [0, 0.05) is 29.9 Å². The molecule has 1 atom stereocenters. The van der Waals surface area contributed by atoms with E-state index in [9.17, 15) is 14.9 Å². The van der Waals surface area contributed by atoms with Crippen LogP contribution in [0.4, 0.5) is 16.2 Å². The van der Waals surface area contributed by atoms with Gasteiger partial charge in [0.1, 0.15) is 0 Å². The normalized spacial score (nSPS) is 14.4. The third-order valence-corrected chi connectivity index (χ3v) is 4.39. The molecule has 3 aromatic rings. The van der Waals surface area contributed by atoms with Crippen molar-refractivity contribution in [2.45, 2.75) is 6.04 Å². The summed E-state index contributed by atoms with van der Waals surface area (Å²) in [5, 5.41) is 16.2. The number of hydrogen-bond acceptors (Lipinski definition) is 4. The predicted molar refractivity (Wildman–Crippen MR) is 95.9 cm³/mol. The van der Waals surface area contributed by atoms with Crippen LogP contribution in [-0.2, 0) is 0 Å². The fourth-order valence-electron chi connectivity index (χ4n) is 3.17. The summed E-state index contributed by atoms with van der Waals surface area (Å²) in [6.45, 7) is 0.402. The summed E-state index contributed by atoms with van der Waals surface area (Å²) in [6.07, 6.45) is 3.58. The zero-order chi connectivity index (χ0) is 18.1. The number of aromatic nitrogens is 2. The van der Waals surface area contributed by atoms with Crippen molar-refractivity contribution in [3.8, 4) is 11.3 Å². The lowest BCUT2D eigenvalue weighted by atomic mass is 10.0. The van der Waals surface area contributed by atoms with E-state index >= 15 is 0 Å². The van der Waals surface area contributed by atoms with Crippen LogP contribution < -0.4 is 10.6 Å². The zero-order valence-electron chi connectivity index (χ0n) is 13.6. The Labute approximate surface area is 148 Å². The zero-order valence-corrected chi connectivity index (χ0v) is 13.6. The van der Waals surface area contributed by atoms with Gasteiger partial charge in [0.2, 0.25) is 0 Å². The number of amides is 2. The molecule has 0 fully saturated rings. The first-order valence-electron chi connectivity index (χ1n) is 8.04. The van der Waals surface area contributed by atoms with E-state index in [4.69, 9.17) is 0 Å². The fraction of sp³-hybridized carbons (Fsp3) is 0.111. The molecule has 1 aromatic heterocycles. The van der Waals surface area contributed by atoms with E-state index in [2.05, 4.69) is 15.6 Å². The number of anilines is 1. The molecule has 0 saturated heterocycles. The van der Waals surface area contributed by atoms with Gasteiger partial charge < -0.3 is 15.2 Å². The monoisotopic (exact) mass is 349 g/mol. The van der Waals surface area contributed by atoms with E-state index < -0.39 is 4.92 Å². The Morgan fingerprint density at radius 3 is 2.73 bits per heavy atom. The van der Waals surface area contributed by atoms with Crippen molar-refractivity contribution in [1.82, 2.24) is 14.9 Å². The van der Waals surface area contributed by atoms with Gasteiger partial charge in [0.25, 0.3) is 5.69 Å². The molecular formula is C18H15N5O3. The molecule has 1 aliphatic rings. The number of rotatable bonds is 4. The number of nitrogens with zero attached hydrogens (tertiary/aromatic N) is 3. The van der Waals surface area contributed by atoms with Gasteiger partial charge in [0.05, 0.1) is 29.2 Å². The summed E-state index contributed by atoms with van der Waals surface area (Å²) in [5.74, 6) is 0. The Morgan fingerprint density at radius 2 is 1.96 bits per heavy atom. The number of carbonyl (C=O) groups is 1. The molecule has 2 aromatic carbocycles. The first-order valence-corrected chi connectivity index (χ1v) is 8.04. The van der Waals surface area contributed by atoms with Crippen LogP contribution in [0.3, 0.4) is 0 Å². The van der Waals surface area contributed by atoms with E-state index in [1.807, 2.05) is 35.0 Å². The average molecular weight is 349 g/mol. The highest BCUT2D eigenvalue weighted by atomic mass is 16.6. The largest absolute Gasteiger partial charge is 0.335 e. The molecule has 0 bridgehead atoms. The topological polar surface area (TPSA) is 102 Å². The Kier molecular flexibility index (Phi) is 3.85. The fourth-order valence-corrected chi connectivity index (χ4v) is 3.17. The van der Waals surface area contributed by atoms with Crippen molar-refractivity contribution in [3.05, 3.63) is 76.7 Å². The number of urea groups is 1. The number of carbonyl (C=O) groups excluding carboxylic acids is 1. The molecule has 2 amide bonds. The first kappa shape index (κ1) is 15.8. The molecule has 8 nitrogen and oxygen atoms in total. The number of hydrogen-bond donors (Lipinski definition) is 2. The van der Waals surface area contributed by atoms with Crippen molar-refractivity contribution in [3.63, 3.8) is 0 Å². The molecule has 0 radical (unpaired) electrons. The van der Waals surface area contributed by atoms with Crippen LogP contribution in [0.2, 0.25) is 0 Å². The maximum absolute atomic E-state index is 12.2. The van der Waals surface area contributed by atoms with Crippen LogP contribution in [0, 0.1) is 10.1 Å². The van der Waals surface area contributed by atoms with E-state index in [0.717, 1.165) is 16.8 Å². The molecule has 0 saturated carbocycles. The minimum atomic E-state index is -0.482. The van der Waals surface area contributed by atoms with Gasteiger partial charge in [-0.2, -0.15) is 0 Å². The third-order valence-electron chi connectivity index (χ3n) is 4.39. The standard InChI is InChI=1S/C18H15N5O3/c24-18(21-12-5-7-13(8-6-12)23(25)26)20-10-17-15-4-2-1-3-14(15)16-9-19-11-22(16)17/h1-9,11,17H,10H2,(H2,20,21,24). The lowest BCUT2D eigenvalue weighted by Crippen LogP contribution is -2.33. The van der Waals surface area contributed by atoms with Crippen molar-refractivity contribution in [1.29, 1.82) is 0 Å². The quantitative estimate of drug-likeness (QED) is 0.558. The van der Waals surface area contributed by atoms with Crippen molar-refractivity contribution in [2.24, 2.45) is 0 Å². The number of non-ortho nitro benzene ring substituents is 1. The molecule has 8 heteroatoms. The van der Waals surface area contributed by atoms with Gasteiger partial charge in [-0.1, -0.05) is 24.3 Å². The van der Waals surface area contributed by atoms with Gasteiger partial charge >= 0.3 is 6.03 Å². The van der Waals surface area contributed by atoms with Crippen LogP contribution in [0.1, 0.15) is 11.6 Å². The number of nitro groups is 1. The molecule has 26 heavy (non-hydrogen) atoms. The van der Waals surface area contributed by atoms with Crippen LogP contribution in [0.15, 0.2) is 61.1 Å². The minimum absolute atomic E-state index is 0.0219. The van der Waals surface area contributed by atoms with Crippen molar-refractivity contribution < 1.29 is 9.72 Å². The molecule has 2 N–H and O–H groups in total. The minimum Gasteiger partial charge on any atom is -0.335 e. The van der Waals surface area contributed by atoms with E-state index in [1.54, 1.807) is 6.33 Å². The van der Waals surface area contributed by atoms with Crippen LogP contribution >= 0.6 is 0 Å². The molecule has 4 rings (SSSR count). The predicted octanol–water partition coefficient (Wildman–Crippen LogP) is 3.18. The lowest BCUT2D eigenvalue weighted by Gasteiger charge is -2.16. The van der Waals surface area contributed by atoms with Crippen molar-refractivity contribution in [2.75, 3.05) is 11.9 Å². The van der Waals surface area contributed by atoms with Crippen LogP contribution in [0.25, 0.3) is 11.3 Å². The molecular weight excluding hydrogens is 334 g/mol. The molecule has 1 aliphatic heterocycles. The average Bonchev–Trinajstić information content (AvgIpc) is 3.22.